The summed E-state index contributed by atoms with van der Waals surface area (Å²) in [5, 5.41) is 0. The number of para-hydroxylation sites is 1. The summed E-state index contributed by atoms with van der Waals surface area (Å²) >= 11 is 0. The first-order valence-corrected chi connectivity index (χ1v) is 7.58. The molecule has 0 radical (unpaired) electrons. The van der Waals surface area contributed by atoms with Crippen molar-refractivity contribution in [3.05, 3.63) is 29.8 Å². The zero-order valence-electron chi connectivity index (χ0n) is 12.6. The van der Waals surface area contributed by atoms with Crippen molar-refractivity contribution in [1.29, 1.82) is 0 Å². The maximum atomic E-state index is 12.1. The number of carbonyl (C=O) groups is 1. The van der Waals surface area contributed by atoms with E-state index in [4.69, 9.17) is 16.2 Å². The van der Waals surface area contributed by atoms with E-state index in [0.717, 1.165) is 24.2 Å². The average molecular weight is 291 g/mol. The van der Waals surface area contributed by atoms with Gasteiger partial charge in [0, 0.05) is 0 Å². The number of amides is 1. The van der Waals surface area contributed by atoms with Crippen molar-refractivity contribution < 1.29 is 9.53 Å². The Morgan fingerprint density at radius 3 is 2.76 bits per heavy atom. The molecule has 4 N–H and O–H groups in total. The van der Waals surface area contributed by atoms with Gasteiger partial charge in [0.25, 0.3) is 0 Å². The van der Waals surface area contributed by atoms with Crippen molar-refractivity contribution >= 4 is 5.91 Å². The maximum absolute atomic E-state index is 12.1. The van der Waals surface area contributed by atoms with E-state index in [1.807, 2.05) is 31.2 Å². The molecule has 1 aromatic rings. The Bertz CT molecular complexity index is 472. The lowest BCUT2D eigenvalue weighted by atomic mass is 10.1. The normalized spacial score (nSPS) is 16.4. The Balaban J connectivity index is 1.73. The van der Waals surface area contributed by atoms with Gasteiger partial charge in [-0.3, -0.25) is 4.79 Å². The van der Waals surface area contributed by atoms with E-state index in [1.165, 1.54) is 0 Å². The van der Waals surface area contributed by atoms with Crippen LogP contribution in [0.2, 0.25) is 0 Å². The fourth-order valence-corrected chi connectivity index (χ4v) is 2.43. The molecule has 21 heavy (non-hydrogen) atoms. The fraction of sp³-hybridized carbons (Fsp3) is 0.562. The Morgan fingerprint density at radius 2 is 2.10 bits per heavy atom. The molecule has 1 atom stereocenters. The van der Waals surface area contributed by atoms with E-state index in [9.17, 15) is 4.79 Å². The summed E-state index contributed by atoms with van der Waals surface area (Å²) in [6.07, 6.45) is 2.60. The summed E-state index contributed by atoms with van der Waals surface area (Å²) in [6.45, 7) is 3.91. The van der Waals surface area contributed by atoms with E-state index >= 15 is 0 Å². The summed E-state index contributed by atoms with van der Waals surface area (Å²) in [5.74, 6) is 0.915. The number of likely N-dealkylation sites (tertiary alicyclic amines) is 1. The number of rotatable bonds is 7. The Labute approximate surface area is 126 Å². The zero-order valence-corrected chi connectivity index (χ0v) is 12.6. The highest BCUT2D eigenvalue weighted by Gasteiger charge is 2.34. The Kier molecular flexibility index (Phi) is 5.59. The highest BCUT2D eigenvalue weighted by Crippen LogP contribution is 2.22. The number of ether oxygens (including phenoxy) is 1. The third-order valence-electron chi connectivity index (χ3n) is 3.83. The Hall–Kier alpha value is -1.59. The van der Waals surface area contributed by atoms with Crippen LogP contribution < -0.4 is 16.2 Å². The van der Waals surface area contributed by atoms with Crippen molar-refractivity contribution in [3.8, 4) is 5.75 Å². The van der Waals surface area contributed by atoms with Crippen LogP contribution in [-0.4, -0.2) is 42.6 Å². The van der Waals surface area contributed by atoms with E-state index < -0.39 is 6.04 Å². The predicted molar refractivity (Wildman–Crippen MR) is 83.1 cm³/mol. The van der Waals surface area contributed by atoms with Gasteiger partial charge < -0.3 is 21.1 Å². The number of hydrogen-bond acceptors (Lipinski definition) is 4. The molecular formula is C16H25N3O2. The van der Waals surface area contributed by atoms with Gasteiger partial charge in [0.2, 0.25) is 5.91 Å². The number of nitrogens with zero attached hydrogens (tertiary/aromatic N) is 1. The number of unbranched alkanes of at least 4 members (excludes halogenated alkanes) is 1. The molecule has 0 unspecified atom stereocenters. The van der Waals surface area contributed by atoms with E-state index in [-0.39, 0.29) is 12.0 Å². The quantitative estimate of drug-likeness (QED) is 0.736. The molecule has 5 heteroatoms. The standard InChI is InChI=1S/C16H25N3O2/c1-12-6-2-3-8-15(12)21-13-10-19(11-13)16(20)14(18)7-4-5-9-17/h2-3,6,8,13-14H,4-5,7,9-11,17-18H2,1H3/t14-/m0/s1. The van der Waals surface area contributed by atoms with Crippen LogP contribution in [0.1, 0.15) is 24.8 Å². The molecule has 116 valence electrons. The van der Waals surface area contributed by atoms with E-state index in [1.54, 1.807) is 4.90 Å². The van der Waals surface area contributed by atoms with Crippen LogP contribution in [0.25, 0.3) is 0 Å². The average Bonchev–Trinajstić information content (AvgIpc) is 2.43. The third-order valence-corrected chi connectivity index (χ3v) is 3.83. The zero-order chi connectivity index (χ0) is 15.2. The lowest BCUT2D eigenvalue weighted by molar-refractivity contribution is -0.141. The van der Waals surface area contributed by atoms with Gasteiger partial charge in [-0.15, -0.1) is 0 Å². The number of hydrogen-bond donors (Lipinski definition) is 2. The molecule has 1 aliphatic heterocycles. The van der Waals surface area contributed by atoms with Gasteiger partial charge >= 0.3 is 0 Å². The number of carbonyl (C=O) groups excluding carboxylic acids is 1. The van der Waals surface area contributed by atoms with Crippen LogP contribution >= 0.6 is 0 Å². The van der Waals surface area contributed by atoms with Crippen molar-refractivity contribution in [3.63, 3.8) is 0 Å². The van der Waals surface area contributed by atoms with Crippen LogP contribution in [-0.2, 0) is 4.79 Å². The first-order chi connectivity index (χ1) is 10.1. The maximum Gasteiger partial charge on any atom is 0.239 e. The molecule has 5 nitrogen and oxygen atoms in total. The minimum Gasteiger partial charge on any atom is -0.486 e. The molecule has 1 fully saturated rings. The minimum atomic E-state index is -0.407. The lowest BCUT2D eigenvalue weighted by Crippen LogP contribution is -2.59. The topological polar surface area (TPSA) is 81.6 Å². The van der Waals surface area contributed by atoms with Crippen LogP contribution in [0.5, 0.6) is 5.75 Å². The van der Waals surface area contributed by atoms with Gasteiger partial charge in [-0.1, -0.05) is 24.6 Å². The van der Waals surface area contributed by atoms with Gasteiger partial charge in [0.15, 0.2) is 0 Å². The molecule has 1 aromatic carbocycles. The monoisotopic (exact) mass is 291 g/mol. The first kappa shape index (κ1) is 15.8. The second-order valence-electron chi connectivity index (χ2n) is 5.64. The SMILES string of the molecule is Cc1ccccc1OC1CN(C(=O)[C@@H](N)CCCCN)C1. The van der Waals surface area contributed by atoms with Gasteiger partial charge in [0.05, 0.1) is 19.1 Å². The van der Waals surface area contributed by atoms with Crippen LogP contribution in [0, 0.1) is 6.92 Å². The fourth-order valence-electron chi connectivity index (χ4n) is 2.43. The molecule has 1 amide bonds. The largest absolute Gasteiger partial charge is 0.486 e. The second kappa shape index (κ2) is 7.43. The highest BCUT2D eigenvalue weighted by molar-refractivity contribution is 5.82. The summed E-state index contributed by atoms with van der Waals surface area (Å²) in [4.78, 5) is 13.9. The molecule has 0 aliphatic carbocycles. The minimum absolute atomic E-state index is 0.0247. The third kappa shape index (κ3) is 4.19. The summed E-state index contributed by atoms with van der Waals surface area (Å²) < 4.78 is 5.89. The number of aryl methyl sites for hydroxylation is 1. The van der Waals surface area contributed by atoms with Gasteiger partial charge in [-0.2, -0.15) is 0 Å². The van der Waals surface area contributed by atoms with Crippen LogP contribution in [0.4, 0.5) is 0 Å². The van der Waals surface area contributed by atoms with Gasteiger partial charge in [0.1, 0.15) is 11.9 Å². The lowest BCUT2D eigenvalue weighted by Gasteiger charge is -2.40. The number of nitrogens with two attached hydrogens (primary N) is 2. The van der Waals surface area contributed by atoms with Crippen molar-refractivity contribution in [2.75, 3.05) is 19.6 Å². The Morgan fingerprint density at radius 1 is 1.38 bits per heavy atom. The molecule has 2 rings (SSSR count). The van der Waals surface area contributed by atoms with Crippen molar-refractivity contribution in [1.82, 2.24) is 4.90 Å². The van der Waals surface area contributed by atoms with Gasteiger partial charge in [-0.25, -0.2) is 0 Å². The molecular weight excluding hydrogens is 266 g/mol. The van der Waals surface area contributed by atoms with Crippen molar-refractivity contribution in [2.45, 2.75) is 38.3 Å². The molecule has 1 heterocycles. The summed E-state index contributed by atoms with van der Waals surface area (Å²) in [7, 11) is 0. The molecule has 0 saturated carbocycles. The molecule has 1 aliphatic rings. The predicted octanol–water partition coefficient (Wildman–Crippen LogP) is 1.04. The smallest absolute Gasteiger partial charge is 0.239 e. The number of benzene rings is 1. The first-order valence-electron chi connectivity index (χ1n) is 7.58. The summed E-state index contributed by atoms with van der Waals surface area (Å²) in [6, 6.07) is 7.51. The summed E-state index contributed by atoms with van der Waals surface area (Å²) in [5.41, 5.74) is 12.5. The molecule has 0 bridgehead atoms. The van der Waals surface area contributed by atoms with E-state index in [0.29, 0.717) is 26.1 Å². The van der Waals surface area contributed by atoms with Crippen LogP contribution in [0.3, 0.4) is 0 Å². The van der Waals surface area contributed by atoms with Gasteiger partial charge in [-0.05, 0) is 37.9 Å². The van der Waals surface area contributed by atoms with Crippen molar-refractivity contribution in [2.24, 2.45) is 11.5 Å². The molecule has 0 aromatic heterocycles. The van der Waals surface area contributed by atoms with Crippen LogP contribution in [0.15, 0.2) is 24.3 Å². The molecule has 0 spiro atoms. The highest BCUT2D eigenvalue weighted by atomic mass is 16.5. The van der Waals surface area contributed by atoms with E-state index in [2.05, 4.69) is 0 Å². The second-order valence-corrected chi connectivity index (χ2v) is 5.64. The molecule has 1 saturated heterocycles.